The summed E-state index contributed by atoms with van der Waals surface area (Å²) in [5.74, 6) is 0. The number of nitrogens with one attached hydrogen (secondary N) is 1. The lowest BCUT2D eigenvalue weighted by molar-refractivity contribution is -0.105. The first-order valence-electron chi connectivity index (χ1n) is 2.64. The molecule has 0 spiro atoms. The fourth-order valence-electron chi connectivity index (χ4n) is 0.529. The van der Waals surface area contributed by atoms with E-state index in [0.717, 1.165) is 4.60 Å². The fourth-order valence-corrected chi connectivity index (χ4v) is 0.764. The summed E-state index contributed by atoms with van der Waals surface area (Å²) < 4.78 is 0.754. The number of carbonyl (C=O) groups is 1. The standard InChI is InChI=1S/C6H5BrN2O/c7-6-2-1-5(3-8-6)9-4-10/h1-4H,(H,9,10). The van der Waals surface area contributed by atoms with Crippen molar-refractivity contribution in [1.29, 1.82) is 0 Å². The molecule has 0 unspecified atom stereocenters. The van der Waals surface area contributed by atoms with Crippen LogP contribution in [0.4, 0.5) is 5.69 Å². The van der Waals surface area contributed by atoms with Gasteiger partial charge in [-0.1, -0.05) is 0 Å². The molecule has 4 heteroatoms. The predicted molar refractivity (Wildman–Crippen MR) is 41.6 cm³/mol. The molecule has 0 aliphatic rings. The van der Waals surface area contributed by atoms with Crippen molar-refractivity contribution in [3.05, 3.63) is 22.9 Å². The van der Waals surface area contributed by atoms with E-state index in [1.54, 1.807) is 18.3 Å². The Morgan fingerprint density at radius 1 is 1.60 bits per heavy atom. The van der Waals surface area contributed by atoms with Crippen molar-refractivity contribution in [3.8, 4) is 0 Å². The number of aromatic nitrogens is 1. The van der Waals surface area contributed by atoms with E-state index in [1.807, 2.05) is 0 Å². The highest BCUT2D eigenvalue weighted by atomic mass is 79.9. The lowest BCUT2D eigenvalue weighted by atomic mass is 10.4. The van der Waals surface area contributed by atoms with Crippen molar-refractivity contribution in [3.63, 3.8) is 0 Å². The molecule has 0 aliphatic carbocycles. The number of hydrogen-bond donors (Lipinski definition) is 1. The van der Waals surface area contributed by atoms with Crippen LogP contribution in [0.3, 0.4) is 0 Å². The van der Waals surface area contributed by atoms with Gasteiger partial charge in [-0.05, 0) is 28.1 Å². The van der Waals surface area contributed by atoms with E-state index < -0.39 is 0 Å². The van der Waals surface area contributed by atoms with Crippen LogP contribution in [-0.2, 0) is 4.79 Å². The van der Waals surface area contributed by atoms with Gasteiger partial charge in [0.15, 0.2) is 0 Å². The average molecular weight is 201 g/mol. The van der Waals surface area contributed by atoms with Crippen molar-refractivity contribution in [1.82, 2.24) is 4.98 Å². The number of pyridine rings is 1. The quantitative estimate of drug-likeness (QED) is 0.580. The van der Waals surface area contributed by atoms with Crippen molar-refractivity contribution in [2.45, 2.75) is 0 Å². The summed E-state index contributed by atoms with van der Waals surface area (Å²) >= 11 is 3.17. The van der Waals surface area contributed by atoms with Crippen molar-refractivity contribution in [2.75, 3.05) is 5.32 Å². The molecular weight excluding hydrogens is 196 g/mol. The molecule has 1 aromatic heterocycles. The second-order valence-corrected chi connectivity index (χ2v) is 2.44. The molecule has 0 atom stereocenters. The van der Waals surface area contributed by atoms with Crippen LogP contribution in [0.15, 0.2) is 22.9 Å². The molecule has 0 radical (unpaired) electrons. The van der Waals surface area contributed by atoms with E-state index >= 15 is 0 Å². The van der Waals surface area contributed by atoms with Gasteiger partial charge in [0.1, 0.15) is 4.60 Å². The van der Waals surface area contributed by atoms with Crippen LogP contribution in [0.1, 0.15) is 0 Å². The maximum absolute atomic E-state index is 9.91. The van der Waals surface area contributed by atoms with E-state index in [4.69, 9.17) is 0 Å². The first kappa shape index (κ1) is 7.21. The first-order chi connectivity index (χ1) is 4.83. The smallest absolute Gasteiger partial charge is 0.211 e. The van der Waals surface area contributed by atoms with Crippen LogP contribution >= 0.6 is 15.9 Å². The second-order valence-electron chi connectivity index (χ2n) is 1.63. The van der Waals surface area contributed by atoms with Gasteiger partial charge < -0.3 is 5.32 Å². The van der Waals surface area contributed by atoms with Gasteiger partial charge in [0.05, 0.1) is 11.9 Å². The predicted octanol–water partition coefficient (Wildman–Crippen LogP) is 1.41. The molecule has 0 saturated carbocycles. The molecule has 1 aromatic rings. The highest BCUT2D eigenvalue weighted by Gasteiger charge is 1.88. The van der Waals surface area contributed by atoms with Gasteiger partial charge in [-0.2, -0.15) is 0 Å². The Kier molecular flexibility index (Phi) is 2.39. The molecule has 1 amide bonds. The molecule has 10 heavy (non-hydrogen) atoms. The summed E-state index contributed by atoms with van der Waals surface area (Å²) in [5, 5.41) is 2.47. The number of halogens is 1. The van der Waals surface area contributed by atoms with Gasteiger partial charge in [0, 0.05) is 0 Å². The summed E-state index contributed by atoms with van der Waals surface area (Å²) in [7, 11) is 0. The summed E-state index contributed by atoms with van der Waals surface area (Å²) in [6.45, 7) is 0. The lowest BCUT2D eigenvalue weighted by Crippen LogP contribution is -1.93. The van der Waals surface area contributed by atoms with Crippen molar-refractivity contribution >= 4 is 28.0 Å². The molecule has 1 heterocycles. The molecule has 0 aromatic carbocycles. The van der Waals surface area contributed by atoms with Gasteiger partial charge in [-0.15, -0.1) is 0 Å². The van der Waals surface area contributed by atoms with Gasteiger partial charge in [-0.25, -0.2) is 4.98 Å². The Morgan fingerprint density at radius 2 is 2.40 bits per heavy atom. The van der Waals surface area contributed by atoms with Crippen LogP contribution in [0.5, 0.6) is 0 Å². The summed E-state index contributed by atoms with van der Waals surface area (Å²) in [5.41, 5.74) is 0.693. The third kappa shape index (κ3) is 1.80. The SMILES string of the molecule is O=CNc1ccc(Br)nc1. The second kappa shape index (κ2) is 3.31. The largest absolute Gasteiger partial charge is 0.327 e. The minimum absolute atomic E-state index is 0.616. The van der Waals surface area contributed by atoms with Crippen LogP contribution < -0.4 is 5.32 Å². The maximum atomic E-state index is 9.91. The Labute approximate surface area is 66.6 Å². The van der Waals surface area contributed by atoms with E-state index in [9.17, 15) is 4.79 Å². The third-order valence-electron chi connectivity index (χ3n) is 0.953. The first-order valence-corrected chi connectivity index (χ1v) is 3.44. The van der Waals surface area contributed by atoms with Crippen LogP contribution in [0.2, 0.25) is 0 Å². The third-order valence-corrected chi connectivity index (χ3v) is 1.42. The Hall–Kier alpha value is -0.900. The van der Waals surface area contributed by atoms with Gasteiger partial charge in [0.25, 0.3) is 0 Å². The normalized spacial score (nSPS) is 8.90. The van der Waals surface area contributed by atoms with Crippen molar-refractivity contribution < 1.29 is 4.79 Å². The zero-order valence-electron chi connectivity index (χ0n) is 5.04. The number of hydrogen-bond acceptors (Lipinski definition) is 2. The molecule has 0 fully saturated rings. The highest BCUT2D eigenvalue weighted by molar-refractivity contribution is 9.10. The monoisotopic (exact) mass is 200 g/mol. The average Bonchev–Trinajstić information content (AvgIpc) is 1.95. The zero-order valence-corrected chi connectivity index (χ0v) is 6.63. The van der Waals surface area contributed by atoms with E-state index in [-0.39, 0.29) is 0 Å². The van der Waals surface area contributed by atoms with Gasteiger partial charge >= 0.3 is 0 Å². The minimum atomic E-state index is 0.616. The zero-order chi connectivity index (χ0) is 7.40. The molecular formula is C6H5BrN2O. The summed E-state index contributed by atoms with van der Waals surface area (Å²) in [6, 6.07) is 3.51. The fraction of sp³-hybridized carbons (Fsp3) is 0. The number of rotatable bonds is 2. The summed E-state index contributed by atoms with van der Waals surface area (Å²) in [6.07, 6.45) is 2.18. The Balaban J connectivity index is 2.78. The van der Waals surface area contributed by atoms with Gasteiger partial charge in [-0.3, -0.25) is 4.79 Å². The topological polar surface area (TPSA) is 42.0 Å². The lowest BCUT2D eigenvalue weighted by Gasteiger charge is -1.94. The van der Waals surface area contributed by atoms with E-state index in [2.05, 4.69) is 26.2 Å². The molecule has 1 N–H and O–H groups in total. The van der Waals surface area contributed by atoms with E-state index in [1.165, 1.54) is 0 Å². The van der Waals surface area contributed by atoms with Crippen LogP contribution in [0, 0.1) is 0 Å². The van der Waals surface area contributed by atoms with Crippen molar-refractivity contribution in [2.24, 2.45) is 0 Å². The molecule has 52 valence electrons. The highest BCUT2D eigenvalue weighted by Crippen LogP contribution is 2.08. The minimum Gasteiger partial charge on any atom is -0.327 e. The maximum Gasteiger partial charge on any atom is 0.211 e. The van der Waals surface area contributed by atoms with E-state index in [0.29, 0.717) is 12.1 Å². The van der Waals surface area contributed by atoms with Crippen LogP contribution in [0.25, 0.3) is 0 Å². The molecule has 3 nitrogen and oxygen atoms in total. The molecule has 0 aliphatic heterocycles. The number of nitrogens with zero attached hydrogens (tertiary/aromatic N) is 1. The van der Waals surface area contributed by atoms with Gasteiger partial charge in [0.2, 0.25) is 6.41 Å². The summed E-state index contributed by atoms with van der Waals surface area (Å²) in [4.78, 5) is 13.8. The molecule has 0 bridgehead atoms. The molecule has 0 saturated heterocycles. The molecule has 1 rings (SSSR count). The van der Waals surface area contributed by atoms with Crippen LogP contribution in [-0.4, -0.2) is 11.4 Å². The number of carbonyl (C=O) groups excluding carboxylic acids is 1. The Bertz CT molecular complexity index is 222. The number of anilines is 1. The number of amides is 1. The Morgan fingerprint density at radius 3 is 2.90 bits per heavy atom.